The van der Waals surface area contributed by atoms with Gasteiger partial charge in [0, 0.05) is 26.2 Å². The van der Waals surface area contributed by atoms with E-state index in [1.807, 2.05) is 35.2 Å². The van der Waals surface area contributed by atoms with Gasteiger partial charge >= 0.3 is 0 Å². The number of hydrogen-bond acceptors (Lipinski definition) is 3. The summed E-state index contributed by atoms with van der Waals surface area (Å²) in [5.74, 6) is -0.0811. The number of hydrogen-bond donors (Lipinski definition) is 0. The second-order valence-electron chi connectivity index (χ2n) is 7.95. The van der Waals surface area contributed by atoms with Crippen LogP contribution in [0.2, 0.25) is 0 Å². The van der Waals surface area contributed by atoms with Crippen molar-refractivity contribution >= 4 is 26.7 Å². The van der Waals surface area contributed by atoms with Crippen molar-refractivity contribution in [2.75, 3.05) is 26.2 Å². The molecule has 2 heterocycles. The molecule has 2 saturated heterocycles. The average molecular weight is 401 g/mol. The predicted octanol–water partition coefficient (Wildman–Crippen LogP) is 3.64. The number of carbonyl (C=O) groups is 1. The molecule has 2 fully saturated rings. The fourth-order valence-corrected chi connectivity index (χ4v) is 5.95. The van der Waals surface area contributed by atoms with Crippen LogP contribution >= 0.6 is 0 Å². The number of rotatable bonds is 3. The zero-order valence-corrected chi connectivity index (χ0v) is 17.0. The lowest BCUT2D eigenvalue weighted by atomic mass is 9.98. The standard InChI is InChI=1S/C22H28N2O3S/c25-22(23-13-5-1-2-6-14-23)20-10-7-15-24(17-20)28(26,27)21-12-11-18-8-3-4-9-19(18)16-21/h3-4,8-9,11-12,16,20H,1-2,5-7,10,13-15,17H2/t20-/m0/s1. The van der Waals surface area contributed by atoms with Gasteiger partial charge in [-0.15, -0.1) is 0 Å². The molecule has 2 aliphatic rings. The Morgan fingerprint density at radius 1 is 0.857 bits per heavy atom. The first kappa shape index (κ1) is 19.4. The summed E-state index contributed by atoms with van der Waals surface area (Å²) >= 11 is 0. The van der Waals surface area contributed by atoms with Crippen LogP contribution in [-0.2, 0) is 14.8 Å². The van der Waals surface area contributed by atoms with E-state index in [4.69, 9.17) is 0 Å². The van der Waals surface area contributed by atoms with Crippen LogP contribution in [0, 0.1) is 5.92 Å². The van der Waals surface area contributed by atoms with Crippen molar-refractivity contribution in [2.45, 2.75) is 43.4 Å². The molecule has 0 bridgehead atoms. The second kappa shape index (κ2) is 8.21. The van der Waals surface area contributed by atoms with E-state index in [-0.39, 0.29) is 11.8 Å². The second-order valence-corrected chi connectivity index (χ2v) is 9.89. The third kappa shape index (κ3) is 3.94. The molecule has 2 aromatic rings. The molecule has 0 N–H and O–H groups in total. The van der Waals surface area contributed by atoms with Gasteiger partial charge in [0.25, 0.3) is 0 Å². The van der Waals surface area contributed by atoms with E-state index in [9.17, 15) is 13.2 Å². The van der Waals surface area contributed by atoms with Crippen LogP contribution in [0.3, 0.4) is 0 Å². The molecular formula is C22H28N2O3S. The number of fused-ring (bicyclic) bond motifs is 1. The van der Waals surface area contributed by atoms with E-state index >= 15 is 0 Å². The van der Waals surface area contributed by atoms with Crippen molar-refractivity contribution in [1.82, 2.24) is 9.21 Å². The van der Waals surface area contributed by atoms with Gasteiger partial charge in [-0.1, -0.05) is 43.2 Å². The molecule has 2 aliphatic heterocycles. The molecule has 4 rings (SSSR count). The lowest BCUT2D eigenvalue weighted by molar-refractivity contribution is -0.136. The van der Waals surface area contributed by atoms with E-state index < -0.39 is 10.0 Å². The third-order valence-corrected chi connectivity index (χ3v) is 7.87. The van der Waals surface area contributed by atoms with E-state index in [1.54, 1.807) is 12.1 Å². The van der Waals surface area contributed by atoms with Gasteiger partial charge in [0.2, 0.25) is 15.9 Å². The molecule has 28 heavy (non-hydrogen) atoms. The summed E-state index contributed by atoms with van der Waals surface area (Å²) in [6.07, 6.45) is 5.97. The smallest absolute Gasteiger partial charge is 0.243 e. The number of carbonyl (C=O) groups excluding carboxylic acids is 1. The molecule has 0 unspecified atom stereocenters. The van der Waals surface area contributed by atoms with Crippen molar-refractivity contribution < 1.29 is 13.2 Å². The summed E-state index contributed by atoms with van der Waals surface area (Å²) in [5, 5.41) is 1.94. The Morgan fingerprint density at radius 3 is 2.32 bits per heavy atom. The van der Waals surface area contributed by atoms with Crippen molar-refractivity contribution in [3.63, 3.8) is 0 Å². The SMILES string of the molecule is O=C([C@H]1CCCN(S(=O)(=O)c2ccc3ccccc3c2)C1)N1CCCCCC1. The van der Waals surface area contributed by atoms with Crippen molar-refractivity contribution in [2.24, 2.45) is 5.92 Å². The average Bonchev–Trinajstić information content (AvgIpc) is 3.02. The van der Waals surface area contributed by atoms with Crippen molar-refractivity contribution in [1.29, 1.82) is 0 Å². The zero-order valence-electron chi connectivity index (χ0n) is 16.2. The summed E-state index contributed by atoms with van der Waals surface area (Å²) in [6, 6.07) is 13.0. The van der Waals surface area contributed by atoms with Crippen LogP contribution in [0.5, 0.6) is 0 Å². The van der Waals surface area contributed by atoms with Crippen LogP contribution in [0.1, 0.15) is 38.5 Å². The number of sulfonamides is 1. The predicted molar refractivity (Wildman–Crippen MR) is 110 cm³/mol. The molecule has 5 nitrogen and oxygen atoms in total. The number of amides is 1. The summed E-state index contributed by atoms with van der Waals surface area (Å²) < 4.78 is 28.0. The van der Waals surface area contributed by atoms with Gasteiger partial charge in [-0.3, -0.25) is 4.79 Å². The molecule has 0 spiro atoms. The minimum absolute atomic E-state index is 0.139. The van der Waals surface area contributed by atoms with Crippen LogP contribution in [0.4, 0.5) is 0 Å². The summed E-state index contributed by atoms with van der Waals surface area (Å²) in [5.41, 5.74) is 0. The minimum Gasteiger partial charge on any atom is -0.342 e. The van der Waals surface area contributed by atoms with Crippen molar-refractivity contribution in [3.05, 3.63) is 42.5 Å². The molecule has 1 atom stereocenters. The monoisotopic (exact) mass is 400 g/mol. The number of piperidine rings is 1. The van der Waals surface area contributed by atoms with Gasteiger partial charge in [0.1, 0.15) is 0 Å². The Hall–Kier alpha value is -1.92. The highest BCUT2D eigenvalue weighted by molar-refractivity contribution is 7.89. The van der Waals surface area contributed by atoms with E-state index in [0.717, 1.165) is 49.5 Å². The number of benzene rings is 2. The highest BCUT2D eigenvalue weighted by Gasteiger charge is 2.35. The molecule has 0 saturated carbocycles. The first-order valence-electron chi connectivity index (χ1n) is 10.3. The number of nitrogens with zero attached hydrogens (tertiary/aromatic N) is 2. The van der Waals surface area contributed by atoms with Gasteiger partial charge in [-0.05, 0) is 48.6 Å². The van der Waals surface area contributed by atoms with Gasteiger partial charge in [-0.25, -0.2) is 8.42 Å². The maximum atomic E-state index is 13.2. The molecule has 0 radical (unpaired) electrons. The van der Waals surface area contributed by atoms with Crippen LogP contribution in [0.25, 0.3) is 10.8 Å². The fourth-order valence-electron chi connectivity index (χ4n) is 4.39. The molecular weight excluding hydrogens is 372 g/mol. The maximum absolute atomic E-state index is 13.2. The first-order valence-corrected chi connectivity index (χ1v) is 11.8. The summed E-state index contributed by atoms with van der Waals surface area (Å²) in [6.45, 7) is 2.41. The highest BCUT2D eigenvalue weighted by atomic mass is 32.2. The first-order chi connectivity index (χ1) is 13.6. The zero-order chi connectivity index (χ0) is 19.6. The lowest BCUT2D eigenvalue weighted by Gasteiger charge is -2.34. The Balaban J connectivity index is 1.53. The molecule has 150 valence electrons. The van der Waals surface area contributed by atoms with Crippen LogP contribution < -0.4 is 0 Å². The Bertz CT molecular complexity index is 949. The molecule has 0 aromatic heterocycles. The number of likely N-dealkylation sites (tertiary alicyclic amines) is 1. The quantitative estimate of drug-likeness (QED) is 0.790. The van der Waals surface area contributed by atoms with E-state index in [2.05, 4.69) is 0 Å². The largest absolute Gasteiger partial charge is 0.342 e. The van der Waals surface area contributed by atoms with Gasteiger partial charge in [-0.2, -0.15) is 4.31 Å². The van der Waals surface area contributed by atoms with Crippen LogP contribution in [-0.4, -0.2) is 49.7 Å². The highest BCUT2D eigenvalue weighted by Crippen LogP contribution is 2.27. The van der Waals surface area contributed by atoms with Crippen LogP contribution in [0.15, 0.2) is 47.4 Å². The topological polar surface area (TPSA) is 57.7 Å². The Morgan fingerprint density at radius 2 is 1.57 bits per heavy atom. The van der Waals surface area contributed by atoms with Gasteiger partial charge in [0.05, 0.1) is 10.8 Å². The minimum atomic E-state index is -3.60. The summed E-state index contributed by atoms with van der Waals surface area (Å²) in [4.78, 5) is 15.3. The lowest BCUT2D eigenvalue weighted by Crippen LogP contribution is -2.46. The molecule has 6 heteroatoms. The third-order valence-electron chi connectivity index (χ3n) is 6.01. The van der Waals surface area contributed by atoms with E-state index in [0.29, 0.717) is 18.0 Å². The fraction of sp³-hybridized carbons (Fsp3) is 0.500. The van der Waals surface area contributed by atoms with Gasteiger partial charge in [0.15, 0.2) is 0 Å². The Kier molecular flexibility index (Phi) is 5.69. The van der Waals surface area contributed by atoms with Crippen molar-refractivity contribution in [3.8, 4) is 0 Å². The maximum Gasteiger partial charge on any atom is 0.243 e. The van der Waals surface area contributed by atoms with E-state index in [1.165, 1.54) is 17.1 Å². The molecule has 0 aliphatic carbocycles. The normalized spacial score (nSPS) is 22.1. The Labute approximate surface area is 167 Å². The molecule has 2 aromatic carbocycles. The summed E-state index contributed by atoms with van der Waals surface area (Å²) in [7, 11) is -3.60. The van der Waals surface area contributed by atoms with Gasteiger partial charge < -0.3 is 4.90 Å². The molecule has 1 amide bonds.